The second-order valence-electron chi connectivity index (χ2n) is 7.68. The molecule has 1 saturated carbocycles. The summed E-state index contributed by atoms with van der Waals surface area (Å²) in [5.41, 5.74) is 7.12. The van der Waals surface area contributed by atoms with Gasteiger partial charge in [0, 0.05) is 23.9 Å². The fourth-order valence-corrected chi connectivity index (χ4v) is 4.30. The normalized spacial score (nSPS) is 24.2. The average molecular weight is 372 g/mol. The molecule has 1 aromatic rings. The number of aliphatic carboxylic acids is 1. The van der Waals surface area contributed by atoms with Crippen molar-refractivity contribution in [2.75, 3.05) is 5.73 Å². The van der Waals surface area contributed by atoms with Gasteiger partial charge in [-0.3, -0.25) is 4.90 Å². The summed E-state index contributed by atoms with van der Waals surface area (Å²) in [6.07, 6.45) is 7.91. The van der Waals surface area contributed by atoms with Crippen molar-refractivity contribution in [2.45, 2.75) is 57.5 Å². The number of carbonyl (C=O) groups is 2. The molecule has 0 unspecified atom stereocenters. The summed E-state index contributed by atoms with van der Waals surface area (Å²) in [6.45, 7) is 5.97. The van der Waals surface area contributed by atoms with E-state index in [-0.39, 0.29) is 18.0 Å². The quantitative estimate of drug-likeness (QED) is 0.736. The second-order valence-corrected chi connectivity index (χ2v) is 7.68. The molecule has 1 aliphatic carbocycles. The number of aromatic nitrogens is 1. The monoisotopic (exact) mass is 372 g/mol. The Morgan fingerprint density at radius 1 is 1.41 bits per heavy atom. The topological polar surface area (TPSA) is 109 Å². The summed E-state index contributed by atoms with van der Waals surface area (Å²) < 4.78 is 0. The molecule has 4 N–H and O–H groups in total. The highest BCUT2D eigenvalue weighted by atomic mass is 16.4. The van der Waals surface area contributed by atoms with Gasteiger partial charge >= 0.3 is 12.0 Å². The van der Waals surface area contributed by atoms with Crippen molar-refractivity contribution in [3.63, 3.8) is 0 Å². The number of hydrogen-bond donors (Lipinski definition) is 3. The van der Waals surface area contributed by atoms with Crippen molar-refractivity contribution in [3.05, 3.63) is 36.2 Å². The van der Waals surface area contributed by atoms with Crippen LogP contribution in [0.5, 0.6) is 0 Å². The van der Waals surface area contributed by atoms with Crippen LogP contribution in [0.2, 0.25) is 0 Å². The largest absolute Gasteiger partial charge is 0.480 e. The van der Waals surface area contributed by atoms with Gasteiger partial charge in [-0.25, -0.2) is 14.6 Å². The van der Waals surface area contributed by atoms with Gasteiger partial charge in [-0.2, -0.15) is 0 Å². The van der Waals surface area contributed by atoms with E-state index in [1.807, 2.05) is 6.92 Å². The number of urea groups is 1. The summed E-state index contributed by atoms with van der Waals surface area (Å²) in [6, 6.07) is 2.27. The van der Waals surface area contributed by atoms with Crippen LogP contribution in [-0.2, 0) is 11.2 Å². The lowest BCUT2D eigenvalue weighted by atomic mass is 9.80. The van der Waals surface area contributed by atoms with Crippen molar-refractivity contribution in [1.29, 1.82) is 0 Å². The van der Waals surface area contributed by atoms with E-state index in [0.717, 1.165) is 18.4 Å². The number of nitrogens with two attached hydrogens (primary N) is 1. The fourth-order valence-electron chi connectivity index (χ4n) is 4.30. The first kappa shape index (κ1) is 19.2. The number of carbonyl (C=O) groups excluding carboxylic acids is 1. The van der Waals surface area contributed by atoms with Crippen LogP contribution < -0.4 is 11.1 Å². The molecule has 146 valence electrons. The van der Waals surface area contributed by atoms with Crippen LogP contribution in [0.1, 0.15) is 44.6 Å². The van der Waals surface area contributed by atoms with Gasteiger partial charge in [0.25, 0.3) is 0 Å². The van der Waals surface area contributed by atoms with Gasteiger partial charge in [-0.05, 0) is 49.8 Å². The van der Waals surface area contributed by atoms with Crippen LogP contribution in [0.3, 0.4) is 0 Å². The lowest BCUT2D eigenvalue weighted by Gasteiger charge is -2.48. The number of rotatable bonds is 5. The van der Waals surface area contributed by atoms with Crippen LogP contribution in [0.25, 0.3) is 0 Å². The smallest absolute Gasteiger partial charge is 0.327 e. The Labute approximate surface area is 159 Å². The minimum absolute atomic E-state index is 0.0269. The molecular weight excluding hydrogens is 344 g/mol. The molecule has 2 heterocycles. The Kier molecular flexibility index (Phi) is 5.68. The van der Waals surface area contributed by atoms with Crippen molar-refractivity contribution in [3.8, 4) is 0 Å². The number of hydrogen-bond acceptors (Lipinski definition) is 4. The number of carboxylic acid groups (broad SMARTS) is 1. The van der Waals surface area contributed by atoms with Gasteiger partial charge in [0.05, 0.1) is 0 Å². The third-order valence-corrected chi connectivity index (χ3v) is 5.88. The maximum atomic E-state index is 12.7. The fraction of sp³-hybridized carbons (Fsp3) is 0.550. The van der Waals surface area contributed by atoms with E-state index >= 15 is 0 Å². The minimum Gasteiger partial charge on any atom is -0.480 e. The number of nitrogen functional groups attached to an aromatic ring is 1. The summed E-state index contributed by atoms with van der Waals surface area (Å²) in [5.74, 6) is -0.508. The summed E-state index contributed by atoms with van der Waals surface area (Å²) in [4.78, 5) is 29.8. The van der Waals surface area contributed by atoms with Crippen LogP contribution in [0.4, 0.5) is 10.6 Å². The molecule has 7 nitrogen and oxygen atoms in total. The number of likely N-dealkylation sites (tertiary alicyclic amines) is 1. The standard InChI is InChI=1S/C20H28N4O3/c1-12(15-6-4-3-5-7-15)23-20(27)24-13(2)16(18(24)19(25)26)10-14-8-9-22-17(21)11-14/h8-9,11-12,15-16,18H,2-7,10H2,1H3,(H2,21,22)(H,23,27)(H,25,26)/t12-,16+,18+/m1/s1. The molecule has 2 aliphatic rings. The van der Waals surface area contributed by atoms with Crippen LogP contribution >= 0.6 is 0 Å². The van der Waals surface area contributed by atoms with Crippen LogP contribution in [0.15, 0.2) is 30.6 Å². The first-order chi connectivity index (χ1) is 12.9. The molecule has 7 heteroatoms. The van der Waals surface area contributed by atoms with Gasteiger partial charge in [-0.1, -0.05) is 25.8 Å². The predicted octanol–water partition coefficient (Wildman–Crippen LogP) is 2.78. The first-order valence-electron chi connectivity index (χ1n) is 9.60. The molecule has 3 rings (SSSR count). The van der Waals surface area contributed by atoms with E-state index in [1.165, 1.54) is 24.2 Å². The molecule has 27 heavy (non-hydrogen) atoms. The lowest BCUT2D eigenvalue weighted by molar-refractivity contribution is -0.147. The number of nitrogens with zero attached hydrogens (tertiary/aromatic N) is 2. The maximum absolute atomic E-state index is 12.7. The predicted molar refractivity (Wildman–Crippen MR) is 103 cm³/mol. The zero-order chi connectivity index (χ0) is 19.6. The SMILES string of the molecule is C=C1[C@H](Cc2ccnc(N)c2)[C@@H](C(=O)O)N1C(=O)N[C@H](C)C1CCCCC1. The molecule has 1 saturated heterocycles. The molecule has 1 aliphatic heterocycles. The average Bonchev–Trinajstić information content (AvgIpc) is 2.64. The first-order valence-corrected chi connectivity index (χ1v) is 9.60. The van der Waals surface area contributed by atoms with E-state index in [2.05, 4.69) is 16.9 Å². The van der Waals surface area contributed by atoms with E-state index in [0.29, 0.717) is 23.9 Å². The third-order valence-electron chi connectivity index (χ3n) is 5.88. The Hall–Kier alpha value is -2.57. The maximum Gasteiger partial charge on any atom is 0.327 e. The highest BCUT2D eigenvalue weighted by molar-refractivity contribution is 5.88. The van der Waals surface area contributed by atoms with Gasteiger partial charge in [0.15, 0.2) is 0 Å². The highest BCUT2D eigenvalue weighted by Crippen LogP contribution is 2.38. The highest BCUT2D eigenvalue weighted by Gasteiger charge is 2.50. The third kappa shape index (κ3) is 4.07. The summed E-state index contributed by atoms with van der Waals surface area (Å²) in [7, 11) is 0. The van der Waals surface area contributed by atoms with Gasteiger partial charge in [-0.15, -0.1) is 0 Å². The molecular formula is C20H28N4O3. The van der Waals surface area contributed by atoms with Crippen molar-refractivity contribution in [1.82, 2.24) is 15.2 Å². The van der Waals surface area contributed by atoms with E-state index < -0.39 is 12.0 Å². The number of pyridine rings is 1. The van der Waals surface area contributed by atoms with Gasteiger partial charge in [0.1, 0.15) is 11.9 Å². The van der Waals surface area contributed by atoms with Gasteiger partial charge in [0.2, 0.25) is 0 Å². The second kappa shape index (κ2) is 7.98. The Morgan fingerprint density at radius 3 is 2.74 bits per heavy atom. The lowest BCUT2D eigenvalue weighted by Crippen LogP contribution is -2.63. The van der Waals surface area contributed by atoms with Crippen LogP contribution in [-0.4, -0.2) is 39.1 Å². The summed E-state index contributed by atoms with van der Waals surface area (Å²) >= 11 is 0. The molecule has 1 aromatic heterocycles. The number of nitrogens with one attached hydrogen (secondary N) is 1. The number of anilines is 1. The van der Waals surface area contributed by atoms with Crippen LogP contribution in [0, 0.1) is 11.8 Å². The Morgan fingerprint density at radius 2 is 2.11 bits per heavy atom. The molecule has 3 atom stereocenters. The van der Waals surface area contributed by atoms with Crippen molar-refractivity contribution >= 4 is 17.8 Å². The summed E-state index contributed by atoms with van der Waals surface area (Å²) in [5, 5.41) is 12.6. The zero-order valence-corrected chi connectivity index (χ0v) is 15.7. The Balaban J connectivity index is 1.65. The molecule has 2 fully saturated rings. The molecule has 0 radical (unpaired) electrons. The minimum atomic E-state index is -1.02. The zero-order valence-electron chi connectivity index (χ0n) is 15.7. The van der Waals surface area contributed by atoms with Crippen molar-refractivity contribution < 1.29 is 14.7 Å². The van der Waals surface area contributed by atoms with Crippen molar-refractivity contribution in [2.24, 2.45) is 11.8 Å². The van der Waals surface area contributed by atoms with Gasteiger partial charge < -0.3 is 16.2 Å². The molecule has 0 aromatic carbocycles. The van der Waals surface area contributed by atoms with E-state index in [4.69, 9.17) is 5.73 Å². The Bertz CT molecular complexity index is 730. The molecule has 0 bridgehead atoms. The van der Waals surface area contributed by atoms with E-state index in [9.17, 15) is 14.7 Å². The van der Waals surface area contributed by atoms with E-state index in [1.54, 1.807) is 18.3 Å². The molecule has 0 spiro atoms. The number of carboxylic acids is 1. The number of amides is 2. The molecule has 2 amide bonds.